The molecular formula is C17H18N2O2. The van der Waals surface area contributed by atoms with Gasteiger partial charge < -0.3 is 10.6 Å². The number of nitrogens with one attached hydrogen (secondary N) is 2. The topological polar surface area (TPSA) is 58.2 Å². The second-order valence-electron chi connectivity index (χ2n) is 4.61. The van der Waals surface area contributed by atoms with Crippen molar-refractivity contribution in [3.8, 4) is 0 Å². The van der Waals surface area contributed by atoms with E-state index in [1.165, 1.54) is 0 Å². The average molecular weight is 282 g/mol. The van der Waals surface area contributed by atoms with Gasteiger partial charge in [0.2, 0.25) is 0 Å². The van der Waals surface area contributed by atoms with E-state index in [9.17, 15) is 9.59 Å². The molecule has 0 bridgehead atoms. The van der Waals surface area contributed by atoms with E-state index in [2.05, 4.69) is 10.6 Å². The van der Waals surface area contributed by atoms with E-state index < -0.39 is 0 Å². The molecule has 4 heteroatoms. The van der Waals surface area contributed by atoms with Gasteiger partial charge in [0.05, 0.1) is 0 Å². The molecule has 0 fully saturated rings. The first-order chi connectivity index (χ1) is 10.2. The predicted octanol–water partition coefficient (Wildman–Crippen LogP) is 2.37. The molecule has 2 rings (SSSR count). The Morgan fingerprint density at radius 3 is 2.00 bits per heavy atom. The Morgan fingerprint density at radius 1 is 0.810 bits per heavy atom. The number of hydrogen-bond acceptors (Lipinski definition) is 2. The molecule has 4 nitrogen and oxygen atoms in total. The van der Waals surface area contributed by atoms with Crippen molar-refractivity contribution < 1.29 is 9.59 Å². The molecule has 108 valence electrons. The molecule has 0 saturated carbocycles. The van der Waals surface area contributed by atoms with Crippen LogP contribution in [-0.4, -0.2) is 18.4 Å². The molecule has 2 aromatic carbocycles. The minimum atomic E-state index is -0.108. The summed E-state index contributed by atoms with van der Waals surface area (Å²) in [6.45, 7) is 2.92. The number of amides is 2. The molecule has 0 aliphatic heterocycles. The van der Waals surface area contributed by atoms with Crippen molar-refractivity contribution in [1.29, 1.82) is 0 Å². The molecule has 0 spiro atoms. The fourth-order valence-corrected chi connectivity index (χ4v) is 1.91. The van der Waals surface area contributed by atoms with Gasteiger partial charge in [0.1, 0.15) is 0 Å². The first kappa shape index (κ1) is 14.8. The molecule has 0 unspecified atom stereocenters. The summed E-state index contributed by atoms with van der Waals surface area (Å²) in [5, 5.41) is 5.59. The van der Waals surface area contributed by atoms with Crippen LogP contribution in [0.5, 0.6) is 0 Å². The largest absolute Gasteiger partial charge is 0.352 e. The van der Waals surface area contributed by atoms with Gasteiger partial charge in [0, 0.05) is 24.2 Å². The van der Waals surface area contributed by atoms with Gasteiger partial charge in [0.15, 0.2) is 0 Å². The summed E-state index contributed by atoms with van der Waals surface area (Å²) in [6.07, 6.45) is 0. The molecular weight excluding hydrogens is 264 g/mol. The highest BCUT2D eigenvalue weighted by Crippen LogP contribution is 2.05. The molecule has 2 amide bonds. The van der Waals surface area contributed by atoms with Crippen molar-refractivity contribution in [3.05, 3.63) is 71.3 Å². The normalized spacial score (nSPS) is 9.95. The standard InChI is InChI=1S/C17H18N2O2/c1-2-18-16(20)15-10-8-13(9-11-15)12-19-17(21)14-6-4-3-5-7-14/h3-11H,2,12H2,1H3,(H,18,20)(H,19,21). The van der Waals surface area contributed by atoms with Crippen LogP contribution in [0, 0.1) is 0 Å². The summed E-state index contributed by atoms with van der Waals surface area (Å²) in [7, 11) is 0. The summed E-state index contributed by atoms with van der Waals surface area (Å²) in [5.41, 5.74) is 2.21. The Balaban J connectivity index is 1.92. The zero-order chi connectivity index (χ0) is 15.1. The van der Waals surface area contributed by atoms with Gasteiger partial charge in [-0.15, -0.1) is 0 Å². The van der Waals surface area contributed by atoms with Gasteiger partial charge in [-0.05, 0) is 36.8 Å². The SMILES string of the molecule is CCNC(=O)c1ccc(CNC(=O)c2ccccc2)cc1. The van der Waals surface area contributed by atoms with Crippen molar-refractivity contribution in [3.63, 3.8) is 0 Å². The van der Waals surface area contributed by atoms with E-state index in [0.29, 0.717) is 24.2 Å². The van der Waals surface area contributed by atoms with Crippen LogP contribution in [0.2, 0.25) is 0 Å². The fraction of sp³-hybridized carbons (Fsp3) is 0.176. The third kappa shape index (κ3) is 4.18. The van der Waals surface area contributed by atoms with Crippen LogP contribution < -0.4 is 10.6 Å². The quantitative estimate of drug-likeness (QED) is 0.884. The van der Waals surface area contributed by atoms with Crippen LogP contribution >= 0.6 is 0 Å². The Kier molecular flexibility index (Phi) is 5.10. The van der Waals surface area contributed by atoms with E-state index in [-0.39, 0.29) is 11.8 Å². The summed E-state index contributed by atoms with van der Waals surface area (Å²) >= 11 is 0. The maximum atomic E-state index is 11.9. The first-order valence-corrected chi connectivity index (χ1v) is 6.91. The molecule has 2 aromatic rings. The van der Waals surface area contributed by atoms with Gasteiger partial charge >= 0.3 is 0 Å². The number of rotatable bonds is 5. The zero-order valence-electron chi connectivity index (χ0n) is 11.9. The average Bonchev–Trinajstić information content (AvgIpc) is 2.54. The van der Waals surface area contributed by atoms with Gasteiger partial charge in [0.25, 0.3) is 11.8 Å². The van der Waals surface area contributed by atoms with E-state index in [4.69, 9.17) is 0 Å². The summed E-state index contributed by atoms with van der Waals surface area (Å²) in [5.74, 6) is -0.194. The van der Waals surface area contributed by atoms with Gasteiger partial charge in [-0.2, -0.15) is 0 Å². The lowest BCUT2D eigenvalue weighted by atomic mass is 10.1. The number of carbonyl (C=O) groups excluding carboxylic acids is 2. The summed E-state index contributed by atoms with van der Waals surface area (Å²) in [6, 6.07) is 16.3. The van der Waals surface area contributed by atoms with Crippen LogP contribution in [0.4, 0.5) is 0 Å². The molecule has 0 saturated heterocycles. The highest BCUT2D eigenvalue weighted by atomic mass is 16.2. The van der Waals surface area contributed by atoms with Crippen LogP contribution in [0.3, 0.4) is 0 Å². The molecule has 0 atom stereocenters. The van der Waals surface area contributed by atoms with Crippen molar-refractivity contribution in [2.24, 2.45) is 0 Å². The Morgan fingerprint density at radius 2 is 1.38 bits per heavy atom. The Labute approximate surface area is 124 Å². The van der Waals surface area contributed by atoms with Crippen LogP contribution in [0.1, 0.15) is 33.2 Å². The summed E-state index contributed by atoms with van der Waals surface area (Å²) in [4.78, 5) is 23.5. The Hall–Kier alpha value is -2.62. The van der Waals surface area contributed by atoms with Gasteiger partial charge in [-0.1, -0.05) is 30.3 Å². The summed E-state index contributed by atoms with van der Waals surface area (Å²) < 4.78 is 0. The van der Waals surface area contributed by atoms with E-state index in [0.717, 1.165) is 5.56 Å². The number of carbonyl (C=O) groups is 2. The van der Waals surface area contributed by atoms with Crippen LogP contribution in [0.25, 0.3) is 0 Å². The molecule has 0 radical (unpaired) electrons. The minimum Gasteiger partial charge on any atom is -0.352 e. The number of hydrogen-bond donors (Lipinski definition) is 2. The third-order valence-electron chi connectivity index (χ3n) is 3.04. The van der Waals surface area contributed by atoms with E-state index in [1.807, 2.05) is 37.3 Å². The lowest BCUT2D eigenvalue weighted by Gasteiger charge is -2.07. The molecule has 21 heavy (non-hydrogen) atoms. The molecule has 0 heterocycles. The molecule has 2 N–H and O–H groups in total. The van der Waals surface area contributed by atoms with Crippen molar-refractivity contribution in [2.75, 3.05) is 6.54 Å². The van der Waals surface area contributed by atoms with E-state index in [1.54, 1.807) is 24.3 Å². The predicted molar refractivity (Wildman–Crippen MR) is 82.1 cm³/mol. The maximum absolute atomic E-state index is 11.9. The smallest absolute Gasteiger partial charge is 0.251 e. The molecule has 0 aliphatic rings. The van der Waals surface area contributed by atoms with Crippen LogP contribution in [-0.2, 0) is 6.54 Å². The van der Waals surface area contributed by atoms with Crippen molar-refractivity contribution in [2.45, 2.75) is 13.5 Å². The highest BCUT2D eigenvalue weighted by Gasteiger charge is 2.06. The molecule has 0 aromatic heterocycles. The number of benzene rings is 2. The minimum absolute atomic E-state index is 0.0858. The van der Waals surface area contributed by atoms with Crippen molar-refractivity contribution in [1.82, 2.24) is 10.6 Å². The van der Waals surface area contributed by atoms with E-state index >= 15 is 0 Å². The Bertz CT molecular complexity index is 606. The zero-order valence-corrected chi connectivity index (χ0v) is 11.9. The fourth-order valence-electron chi connectivity index (χ4n) is 1.91. The lowest BCUT2D eigenvalue weighted by Crippen LogP contribution is -2.23. The first-order valence-electron chi connectivity index (χ1n) is 6.91. The second kappa shape index (κ2) is 7.24. The highest BCUT2D eigenvalue weighted by molar-refractivity contribution is 5.94. The lowest BCUT2D eigenvalue weighted by molar-refractivity contribution is 0.0943. The monoisotopic (exact) mass is 282 g/mol. The van der Waals surface area contributed by atoms with Crippen molar-refractivity contribution >= 4 is 11.8 Å². The second-order valence-corrected chi connectivity index (χ2v) is 4.61. The van der Waals surface area contributed by atoms with Crippen LogP contribution in [0.15, 0.2) is 54.6 Å². The third-order valence-corrected chi connectivity index (χ3v) is 3.04. The maximum Gasteiger partial charge on any atom is 0.251 e. The molecule has 0 aliphatic carbocycles. The van der Waals surface area contributed by atoms with Gasteiger partial charge in [-0.25, -0.2) is 0 Å². The van der Waals surface area contributed by atoms with Gasteiger partial charge in [-0.3, -0.25) is 9.59 Å².